The number of carbonyl (C=O) groups excluding carboxylic acids is 1. The monoisotopic (exact) mass is 489 g/mol. The maximum absolute atomic E-state index is 13.2. The molecule has 0 aromatic heterocycles. The lowest BCUT2D eigenvalue weighted by atomic mass is 9.97. The number of aryl methyl sites for hydroxylation is 3. The van der Waals surface area contributed by atoms with Crippen LogP contribution in [-0.4, -0.2) is 16.5 Å². The molecule has 0 atom stereocenters. The largest absolute Gasteiger partial charge is 0.382 e. The van der Waals surface area contributed by atoms with Gasteiger partial charge in [0, 0.05) is 15.2 Å². The van der Waals surface area contributed by atoms with Crippen LogP contribution >= 0.6 is 11.8 Å². The van der Waals surface area contributed by atoms with E-state index in [9.17, 15) is 4.79 Å². The third kappa shape index (κ3) is 6.87. The summed E-state index contributed by atoms with van der Waals surface area (Å²) in [7, 11) is 0. The molecule has 0 aliphatic carbocycles. The second-order valence-electron chi connectivity index (χ2n) is 9.70. The number of rotatable bonds is 7. The van der Waals surface area contributed by atoms with Gasteiger partial charge in [0.15, 0.2) is 5.84 Å². The van der Waals surface area contributed by atoms with Crippen molar-refractivity contribution in [1.82, 2.24) is 5.53 Å². The van der Waals surface area contributed by atoms with Gasteiger partial charge in [0.1, 0.15) is 0 Å². The number of hydrazone groups is 1. The van der Waals surface area contributed by atoms with Crippen LogP contribution in [0.15, 0.2) is 64.6 Å². The zero-order valence-corrected chi connectivity index (χ0v) is 22.1. The van der Waals surface area contributed by atoms with Gasteiger partial charge in [-0.3, -0.25) is 4.79 Å². The lowest BCUT2D eigenvalue weighted by Gasteiger charge is -2.21. The number of hydrazine groups is 1. The van der Waals surface area contributed by atoms with Crippen molar-refractivity contribution in [3.63, 3.8) is 0 Å². The summed E-state index contributed by atoms with van der Waals surface area (Å²) >= 11 is 1.72. The Labute approximate surface area is 212 Å². The molecule has 0 fully saturated rings. The molecular formula is C28H35N5OS. The summed E-state index contributed by atoms with van der Waals surface area (Å²) in [4.78, 5) is 14.2. The molecule has 0 aliphatic heterocycles. The molecule has 0 saturated carbocycles. The van der Waals surface area contributed by atoms with E-state index in [2.05, 4.69) is 75.7 Å². The Morgan fingerprint density at radius 2 is 1.66 bits per heavy atom. The topological polar surface area (TPSA) is 106 Å². The number of anilines is 1. The predicted molar refractivity (Wildman–Crippen MR) is 149 cm³/mol. The second-order valence-corrected chi connectivity index (χ2v) is 11.6. The van der Waals surface area contributed by atoms with Crippen LogP contribution in [0.1, 0.15) is 48.6 Å². The van der Waals surface area contributed by atoms with E-state index in [1.54, 1.807) is 11.8 Å². The quantitative estimate of drug-likeness (QED) is 0.116. The number of benzene rings is 3. The van der Waals surface area contributed by atoms with E-state index >= 15 is 0 Å². The molecule has 35 heavy (non-hydrogen) atoms. The Balaban J connectivity index is 2.01. The first-order chi connectivity index (χ1) is 16.5. The molecule has 6 nitrogen and oxygen atoms in total. The number of amides is 1. The molecule has 6 N–H and O–H groups in total. The molecule has 0 spiro atoms. The predicted octanol–water partition coefficient (Wildman–Crippen LogP) is 5.43. The summed E-state index contributed by atoms with van der Waals surface area (Å²) in [5.74, 6) is 5.58. The van der Waals surface area contributed by atoms with Crippen LogP contribution in [0, 0.1) is 20.8 Å². The molecule has 0 unspecified atom stereocenters. The number of hydrogen-bond donors (Lipinski definition) is 4. The maximum Gasteiger partial charge on any atom is 0.228 e. The molecule has 3 aromatic carbocycles. The van der Waals surface area contributed by atoms with E-state index in [0.717, 1.165) is 44.0 Å². The minimum atomic E-state index is -0.0466. The highest BCUT2D eigenvalue weighted by molar-refractivity contribution is 8.00. The molecule has 0 radical (unpaired) electrons. The van der Waals surface area contributed by atoms with E-state index in [0.29, 0.717) is 6.42 Å². The molecule has 1 amide bonds. The van der Waals surface area contributed by atoms with E-state index in [-0.39, 0.29) is 16.5 Å². The number of amidine groups is 1. The fraction of sp³-hybridized carbons (Fsp3) is 0.286. The van der Waals surface area contributed by atoms with Crippen LogP contribution < -0.4 is 22.4 Å². The Kier molecular flexibility index (Phi) is 8.25. The van der Waals surface area contributed by atoms with Crippen LogP contribution in [0.25, 0.3) is 11.1 Å². The average molecular weight is 490 g/mol. The molecule has 7 heteroatoms. The molecular weight excluding hydrogens is 454 g/mol. The molecule has 184 valence electrons. The molecule has 3 aromatic rings. The van der Waals surface area contributed by atoms with Crippen LogP contribution in [0.2, 0.25) is 0 Å². The third-order valence-electron chi connectivity index (χ3n) is 5.55. The van der Waals surface area contributed by atoms with Crippen molar-refractivity contribution in [2.75, 3.05) is 5.32 Å². The summed E-state index contributed by atoms with van der Waals surface area (Å²) < 4.78 is -0.0209. The lowest BCUT2D eigenvalue weighted by Crippen LogP contribution is -2.23. The highest BCUT2D eigenvalue weighted by Crippen LogP contribution is 2.39. The van der Waals surface area contributed by atoms with Crippen molar-refractivity contribution in [1.29, 1.82) is 0 Å². The van der Waals surface area contributed by atoms with Gasteiger partial charge in [-0.1, -0.05) is 68.8 Å². The van der Waals surface area contributed by atoms with Gasteiger partial charge in [-0.2, -0.15) is 0 Å². The van der Waals surface area contributed by atoms with Crippen molar-refractivity contribution >= 4 is 29.2 Å². The number of nitrogens with two attached hydrogens (primary N) is 2. The van der Waals surface area contributed by atoms with Gasteiger partial charge < -0.3 is 11.1 Å². The fourth-order valence-corrected chi connectivity index (χ4v) is 5.16. The molecule has 0 heterocycles. The third-order valence-corrected chi connectivity index (χ3v) is 6.73. The molecule has 0 saturated heterocycles. The Bertz CT molecular complexity index is 1240. The fourth-order valence-electron chi connectivity index (χ4n) is 4.15. The van der Waals surface area contributed by atoms with Crippen molar-refractivity contribution < 1.29 is 4.79 Å². The van der Waals surface area contributed by atoms with Crippen molar-refractivity contribution in [2.24, 2.45) is 16.7 Å². The van der Waals surface area contributed by atoms with E-state index in [4.69, 9.17) is 11.6 Å². The van der Waals surface area contributed by atoms with Gasteiger partial charge in [-0.25, -0.2) is 11.4 Å². The zero-order valence-electron chi connectivity index (χ0n) is 21.3. The minimum Gasteiger partial charge on any atom is -0.382 e. The number of hydrogen-bond acceptors (Lipinski definition) is 5. The first-order valence-corrected chi connectivity index (χ1v) is 12.4. The zero-order chi connectivity index (χ0) is 25.8. The van der Waals surface area contributed by atoms with Gasteiger partial charge in [-0.05, 0) is 60.7 Å². The van der Waals surface area contributed by atoms with Crippen molar-refractivity contribution in [2.45, 2.75) is 57.6 Å². The minimum absolute atomic E-state index is 0.0209. The smallest absolute Gasteiger partial charge is 0.228 e. The van der Waals surface area contributed by atoms with Gasteiger partial charge in [0.05, 0.1) is 12.1 Å². The molecule has 0 bridgehead atoms. The van der Waals surface area contributed by atoms with Crippen LogP contribution in [-0.2, 0) is 11.2 Å². The average Bonchev–Trinajstić information content (AvgIpc) is 2.76. The van der Waals surface area contributed by atoms with Crippen molar-refractivity contribution in [3.05, 3.63) is 82.4 Å². The van der Waals surface area contributed by atoms with Gasteiger partial charge in [0.2, 0.25) is 5.91 Å². The first-order valence-electron chi connectivity index (χ1n) is 11.6. The second kappa shape index (κ2) is 11.0. The molecule has 0 aliphatic rings. The Morgan fingerprint density at radius 3 is 2.29 bits per heavy atom. The highest BCUT2D eigenvalue weighted by atomic mass is 32.2. The summed E-state index contributed by atoms with van der Waals surface area (Å²) in [5, 5.41) is 7.12. The van der Waals surface area contributed by atoms with E-state index in [1.807, 2.05) is 36.4 Å². The van der Waals surface area contributed by atoms with Gasteiger partial charge in [0.25, 0.3) is 0 Å². The van der Waals surface area contributed by atoms with E-state index < -0.39 is 0 Å². The Hall–Kier alpha value is -3.29. The normalized spacial score (nSPS) is 11.9. The number of carbonyl (C=O) groups is 1. The van der Waals surface area contributed by atoms with Crippen molar-refractivity contribution in [3.8, 4) is 11.1 Å². The van der Waals surface area contributed by atoms with Crippen LogP contribution in [0.5, 0.6) is 0 Å². The lowest BCUT2D eigenvalue weighted by molar-refractivity contribution is -0.115. The summed E-state index contributed by atoms with van der Waals surface area (Å²) in [6.45, 7) is 12.7. The van der Waals surface area contributed by atoms with Crippen LogP contribution in [0.4, 0.5) is 5.69 Å². The summed E-state index contributed by atoms with van der Waals surface area (Å²) in [6.07, 6.45) is 0.320. The number of thioether (sulfide) groups is 1. The number of nitrogens with zero attached hydrogens (tertiary/aromatic N) is 1. The number of nitrogens with one attached hydrogen (secondary N) is 2. The SMILES string of the molecule is Cc1cc(C)c(CC(=O)Nc2cc(-c3ccccc3/C(N)=N/NN)ccc2SC(C)(C)C)c(C)c1. The summed E-state index contributed by atoms with van der Waals surface area (Å²) in [5.41, 5.74) is 16.3. The van der Waals surface area contributed by atoms with E-state index in [1.165, 1.54) is 5.56 Å². The maximum atomic E-state index is 13.2. The van der Waals surface area contributed by atoms with Crippen LogP contribution in [0.3, 0.4) is 0 Å². The van der Waals surface area contributed by atoms with Gasteiger partial charge in [-0.15, -0.1) is 16.9 Å². The molecule has 3 rings (SSSR count). The highest BCUT2D eigenvalue weighted by Gasteiger charge is 2.19. The summed E-state index contributed by atoms with van der Waals surface area (Å²) in [6, 6.07) is 18.1. The van der Waals surface area contributed by atoms with Gasteiger partial charge >= 0.3 is 0 Å². The first kappa shape index (κ1) is 26.3. The standard InChI is InChI=1S/C28H35N5OS/c1-17-13-18(2)23(19(3)14-17)16-26(34)31-24-15-20(11-12-25(24)35-28(4,5)6)21-9-7-8-10-22(21)27(29)32-33-30/h7-15,33H,16,30H2,1-6H3,(H2,29,32)(H,31,34). The Morgan fingerprint density at radius 1 is 1.00 bits per heavy atom.